The van der Waals surface area contributed by atoms with E-state index < -0.39 is 28.8 Å². The second kappa shape index (κ2) is 8.79. The lowest BCUT2D eigenvalue weighted by Gasteiger charge is -2.27. The Kier molecular flexibility index (Phi) is 5.54. The number of ether oxygens (including phenoxy) is 2. The SMILES string of the molecule is COc1c(F)cc(F)c(-c2c(C)nn3c(C4CC4)c(C(=O)N[C@H]4CCOc5ccccc54)cnc23)c1F. The smallest absolute Gasteiger partial charge is 0.255 e. The van der Waals surface area contributed by atoms with Crippen LogP contribution in [0.2, 0.25) is 0 Å². The van der Waals surface area contributed by atoms with Gasteiger partial charge in [0.2, 0.25) is 0 Å². The van der Waals surface area contributed by atoms with Gasteiger partial charge < -0.3 is 14.8 Å². The van der Waals surface area contributed by atoms with Crippen LogP contribution in [0.1, 0.15) is 58.5 Å². The van der Waals surface area contributed by atoms with Crippen LogP contribution in [-0.2, 0) is 0 Å². The van der Waals surface area contributed by atoms with Crippen molar-refractivity contribution in [1.29, 1.82) is 0 Å². The Morgan fingerprint density at radius 2 is 1.92 bits per heavy atom. The molecule has 0 bridgehead atoms. The van der Waals surface area contributed by atoms with Crippen LogP contribution in [0, 0.1) is 24.4 Å². The van der Waals surface area contributed by atoms with Crippen molar-refractivity contribution in [3.63, 3.8) is 0 Å². The monoisotopic (exact) mass is 508 g/mol. The highest BCUT2D eigenvalue weighted by molar-refractivity contribution is 5.96. The first kappa shape index (κ1) is 23.3. The zero-order chi connectivity index (χ0) is 25.8. The minimum atomic E-state index is -1.17. The van der Waals surface area contributed by atoms with Crippen molar-refractivity contribution < 1.29 is 27.4 Å². The fourth-order valence-electron chi connectivity index (χ4n) is 5.04. The Balaban J connectivity index is 1.45. The minimum absolute atomic E-state index is 0.0535. The van der Waals surface area contributed by atoms with Crippen LogP contribution < -0.4 is 14.8 Å². The number of nitrogens with zero attached hydrogens (tertiary/aromatic N) is 3. The maximum absolute atomic E-state index is 15.2. The van der Waals surface area contributed by atoms with Gasteiger partial charge in [0.25, 0.3) is 5.91 Å². The molecule has 1 N–H and O–H groups in total. The van der Waals surface area contributed by atoms with Crippen molar-refractivity contribution in [1.82, 2.24) is 19.9 Å². The van der Waals surface area contributed by atoms with Crippen LogP contribution in [0.5, 0.6) is 11.5 Å². The van der Waals surface area contributed by atoms with Gasteiger partial charge in [-0.25, -0.2) is 22.7 Å². The van der Waals surface area contributed by atoms with Gasteiger partial charge in [-0.3, -0.25) is 4.79 Å². The third-order valence-electron chi connectivity index (χ3n) is 6.91. The minimum Gasteiger partial charge on any atom is -0.493 e. The molecule has 1 fully saturated rings. The molecule has 10 heteroatoms. The molecule has 2 aliphatic rings. The fourth-order valence-corrected chi connectivity index (χ4v) is 5.04. The number of carbonyl (C=O) groups excluding carboxylic acids is 1. The normalized spacial score (nSPS) is 16.8. The van der Waals surface area contributed by atoms with E-state index in [0.29, 0.717) is 30.4 Å². The second-order valence-electron chi connectivity index (χ2n) is 9.29. The maximum Gasteiger partial charge on any atom is 0.255 e. The molecule has 1 saturated carbocycles. The van der Waals surface area contributed by atoms with Gasteiger partial charge in [0, 0.05) is 30.2 Å². The summed E-state index contributed by atoms with van der Waals surface area (Å²) in [6.07, 6.45) is 3.74. The highest BCUT2D eigenvalue weighted by Crippen LogP contribution is 2.44. The number of aromatic nitrogens is 3. The predicted molar refractivity (Wildman–Crippen MR) is 128 cm³/mol. The van der Waals surface area contributed by atoms with E-state index in [-0.39, 0.29) is 34.8 Å². The average Bonchev–Trinajstić information content (AvgIpc) is 3.67. The number of hydrogen-bond acceptors (Lipinski definition) is 5. The summed E-state index contributed by atoms with van der Waals surface area (Å²) in [6.45, 7) is 2.07. The van der Waals surface area contributed by atoms with Crippen molar-refractivity contribution in [2.24, 2.45) is 0 Å². The molecular weight excluding hydrogens is 485 g/mol. The Morgan fingerprint density at radius 1 is 1.14 bits per heavy atom. The molecular formula is C27H23F3N4O3. The fraction of sp³-hybridized carbons (Fsp3) is 0.296. The highest BCUT2D eigenvalue weighted by atomic mass is 19.1. The Morgan fingerprint density at radius 3 is 2.68 bits per heavy atom. The number of nitrogens with one attached hydrogen (secondary N) is 1. The van der Waals surface area contributed by atoms with Gasteiger partial charge in [-0.15, -0.1) is 0 Å². The number of para-hydroxylation sites is 1. The quantitative estimate of drug-likeness (QED) is 0.398. The molecule has 1 atom stereocenters. The van der Waals surface area contributed by atoms with Gasteiger partial charge in [-0.2, -0.15) is 5.10 Å². The highest BCUT2D eigenvalue weighted by Gasteiger charge is 2.35. The zero-order valence-electron chi connectivity index (χ0n) is 20.1. The van der Waals surface area contributed by atoms with E-state index in [2.05, 4.69) is 15.4 Å². The van der Waals surface area contributed by atoms with E-state index in [1.165, 1.54) is 10.7 Å². The third-order valence-corrected chi connectivity index (χ3v) is 6.91. The maximum atomic E-state index is 15.2. The van der Waals surface area contributed by atoms with Crippen molar-refractivity contribution in [2.45, 2.75) is 38.1 Å². The standard InChI is InChI=1S/C27H23F3N4O3/c1-13-21(22-17(28)11-18(29)25(36-2)23(22)30)26-31-12-16(24(14-7-8-14)34(26)33-13)27(35)32-19-9-10-37-20-6-4-3-5-15(19)20/h3-6,11-12,14,19H,7-10H2,1-2H3,(H,32,35)/t19-/m0/s1. The molecule has 190 valence electrons. The number of fused-ring (bicyclic) bond motifs is 2. The molecule has 1 amide bonds. The Bertz CT molecular complexity index is 1560. The van der Waals surface area contributed by atoms with E-state index in [9.17, 15) is 13.6 Å². The summed E-state index contributed by atoms with van der Waals surface area (Å²) in [5.41, 5.74) is 1.96. The van der Waals surface area contributed by atoms with Crippen LogP contribution >= 0.6 is 0 Å². The Hall–Kier alpha value is -4.08. The topological polar surface area (TPSA) is 77.8 Å². The number of benzene rings is 2. The van der Waals surface area contributed by atoms with Crippen LogP contribution in [-0.4, -0.2) is 34.2 Å². The number of aryl methyl sites for hydroxylation is 1. The largest absolute Gasteiger partial charge is 0.493 e. The molecule has 1 aliphatic carbocycles. The van der Waals surface area contributed by atoms with Gasteiger partial charge in [-0.05, 0) is 25.8 Å². The molecule has 0 spiro atoms. The van der Waals surface area contributed by atoms with E-state index in [1.807, 2.05) is 24.3 Å². The summed E-state index contributed by atoms with van der Waals surface area (Å²) in [5, 5.41) is 7.62. The number of hydrogen-bond donors (Lipinski definition) is 1. The molecule has 7 nitrogen and oxygen atoms in total. The average molecular weight is 509 g/mol. The zero-order valence-corrected chi connectivity index (χ0v) is 20.1. The lowest BCUT2D eigenvalue weighted by Crippen LogP contribution is -2.33. The molecule has 2 aromatic carbocycles. The lowest BCUT2D eigenvalue weighted by atomic mass is 10.00. The number of rotatable bonds is 5. The summed E-state index contributed by atoms with van der Waals surface area (Å²) >= 11 is 0. The first-order chi connectivity index (χ1) is 17.9. The molecule has 4 aromatic rings. The summed E-state index contributed by atoms with van der Waals surface area (Å²) in [6, 6.07) is 7.92. The molecule has 1 aliphatic heterocycles. The number of carbonyl (C=O) groups is 1. The van der Waals surface area contributed by atoms with Crippen molar-refractivity contribution in [3.05, 3.63) is 76.5 Å². The van der Waals surface area contributed by atoms with Gasteiger partial charge in [0.1, 0.15) is 11.6 Å². The van der Waals surface area contributed by atoms with E-state index in [1.54, 1.807) is 6.92 Å². The van der Waals surface area contributed by atoms with Crippen LogP contribution in [0.15, 0.2) is 36.5 Å². The summed E-state index contributed by atoms with van der Waals surface area (Å²) in [7, 11) is 1.11. The van der Waals surface area contributed by atoms with E-state index in [4.69, 9.17) is 9.47 Å². The molecule has 3 heterocycles. The summed E-state index contributed by atoms with van der Waals surface area (Å²) < 4.78 is 56.1. The van der Waals surface area contributed by atoms with Gasteiger partial charge in [0.05, 0.1) is 47.8 Å². The van der Waals surface area contributed by atoms with E-state index in [0.717, 1.165) is 31.3 Å². The predicted octanol–water partition coefficient (Wildman–Crippen LogP) is 5.26. The summed E-state index contributed by atoms with van der Waals surface area (Å²) in [4.78, 5) is 17.9. The second-order valence-corrected chi connectivity index (χ2v) is 9.29. The van der Waals surface area contributed by atoms with Crippen molar-refractivity contribution in [2.75, 3.05) is 13.7 Å². The van der Waals surface area contributed by atoms with Gasteiger partial charge in [-0.1, -0.05) is 18.2 Å². The van der Waals surface area contributed by atoms with Crippen molar-refractivity contribution >= 4 is 11.6 Å². The molecule has 0 radical (unpaired) electrons. The number of halogens is 3. The van der Waals surface area contributed by atoms with Gasteiger partial charge >= 0.3 is 0 Å². The molecule has 0 unspecified atom stereocenters. The van der Waals surface area contributed by atoms with Crippen LogP contribution in [0.3, 0.4) is 0 Å². The van der Waals surface area contributed by atoms with E-state index >= 15 is 4.39 Å². The number of methoxy groups -OCH3 is 1. The molecule has 2 aromatic heterocycles. The van der Waals surface area contributed by atoms with Crippen LogP contribution in [0.25, 0.3) is 16.8 Å². The number of amides is 1. The third kappa shape index (κ3) is 3.78. The molecule has 6 rings (SSSR count). The lowest BCUT2D eigenvalue weighted by molar-refractivity contribution is 0.0922. The van der Waals surface area contributed by atoms with Crippen molar-refractivity contribution in [3.8, 4) is 22.6 Å². The van der Waals surface area contributed by atoms with Gasteiger partial charge in [0.15, 0.2) is 23.0 Å². The first-order valence-corrected chi connectivity index (χ1v) is 12.0. The first-order valence-electron chi connectivity index (χ1n) is 12.0. The Labute approximate surface area is 210 Å². The molecule has 37 heavy (non-hydrogen) atoms. The summed E-state index contributed by atoms with van der Waals surface area (Å²) in [5.74, 6) is -3.62. The van der Waals surface area contributed by atoms with Crippen LogP contribution in [0.4, 0.5) is 13.2 Å². The molecule has 0 saturated heterocycles.